The maximum Gasteiger partial charge on any atom is 0.220 e. The summed E-state index contributed by atoms with van der Waals surface area (Å²) in [6, 6.07) is 2.09. The van der Waals surface area contributed by atoms with Crippen LogP contribution in [0.5, 0.6) is 0 Å². The summed E-state index contributed by atoms with van der Waals surface area (Å²) in [7, 11) is 0. The van der Waals surface area contributed by atoms with E-state index in [4.69, 9.17) is 10.7 Å². The summed E-state index contributed by atoms with van der Waals surface area (Å²) in [5.74, 6) is 0.924. The minimum Gasteiger partial charge on any atom is -0.370 e. The van der Waals surface area contributed by atoms with E-state index in [0.29, 0.717) is 0 Å². The van der Waals surface area contributed by atoms with Crippen molar-refractivity contribution in [3.8, 4) is 0 Å². The van der Waals surface area contributed by atoms with Crippen LogP contribution in [0.4, 0.5) is 5.82 Å². The SMILES string of the molecule is CCc1cc(NCCCN2CCC(C(N)=O)CC2)n2nc(C)c(C)c2n1. The second-order valence-electron chi connectivity index (χ2n) is 7.23. The predicted octanol–water partition coefficient (Wildman–Crippen LogP) is 1.91. The molecule has 26 heavy (non-hydrogen) atoms. The fraction of sp³-hybridized carbons (Fsp3) is 0.632. The Labute approximate surface area is 155 Å². The third-order valence-electron chi connectivity index (χ3n) is 5.42. The zero-order valence-electron chi connectivity index (χ0n) is 16.1. The molecule has 3 rings (SSSR count). The first-order chi connectivity index (χ1) is 12.5. The van der Waals surface area contributed by atoms with E-state index in [1.54, 1.807) is 0 Å². The zero-order valence-corrected chi connectivity index (χ0v) is 16.1. The lowest BCUT2D eigenvalue weighted by molar-refractivity contribution is -0.123. The maximum absolute atomic E-state index is 11.2. The molecular weight excluding hydrogens is 328 g/mol. The Hall–Kier alpha value is -2.15. The van der Waals surface area contributed by atoms with Crippen molar-refractivity contribution >= 4 is 17.4 Å². The van der Waals surface area contributed by atoms with E-state index >= 15 is 0 Å². The van der Waals surface area contributed by atoms with Crippen LogP contribution in [0.25, 0.3) is 5.65 Å². The van der Waals surface area contributed by atoms with Gasteiger partial charge in [-0.3, -0.25) is 4.79 Å². The molecule has 7 nitrogen and oxygen atoms in total. The molecule has 3 heterocycles. The van der Waals surface area contributed by atoms with Gasteiger partial charge in [0.25, 0.3) is 0 Å². The number of aromatic nitrogens is 3. The molecule has 1 aliphatic heterocycles. The summed E-state index contributed by atoms with van der Waals surface area (Å²) in [4.78, 5) is 18.4. The number of anilines is 1. The number of nitrogens with zero attached hydrogens (tertiary/aromatic N) is 4. The first kappa shape index (κ1) is 18.6. The fourth-order valence-electron chi connectivity index (χ4n) is 3.55. The lowest BCUT2D eigenvalue weighted by atomic mass is 9.96. The van der Waals surface area contributed by atoms with Gasteiger partial charge in [0.05, 0.1) is 5.69 Å². The largest absolute Gasteiger partial charge is 0.370 e. The Balaban J connectivity index is 1.55. The van der Waals surface area contributed by atoms with Crippen molar-refractivity contribution in [1.82, 2.24) is 19.5 Å². The molecule has 0 atom stereocenters. The summed E-state index contributed by atoms with van der Waals surface area (Å²) in [6.07, 6.45) is 3.73. The summed E-state index contributed by atoms with van der Waals surface area (Å²) in [5.41, 5.74) is 9.58. The van der Waals surface area contributed by atoms with Gasteiger partial charge in [0.2, 0.25) is 5.91 Å². The van der Waals surface area contributed by atoms with Crippen LogP contribution in [0.15, 0.2) is 6.07 Å². The Bertz CT molecular complexity index is 776. The number of nitrogens with one attached hydrogen (secondary N) is 1. The summed E-state index contributed by atoms with van der Waals surface area (Å²) < 4.78 is 1.92. The molecule has 0 aromatic carbocycles. The minimum absolute atomic E-state index is 0.0632. The molecule has 0 spiro atoms. The van der Waals surface area contributed by atoms with Gasteiger partial charge >= 0.3 is 0 Å². The van der Waals surface area contributed by atoms with Crippen LogP contribution >= 0.6 is 0 Å². The van der Waals surface area contributed by atoms with Gasteiger partial charge in [-0.2, -0.15) is 9.61 Å². The highest BCUT2D eigenvalue weighted by Gasteiger charge is 2.22. The molecule has 1 aliphatic rings. The van der Waals surface area contributed by atoms with Crippen molar-refractivity contribution in [2.75, 3.05) is 31.5 Å². The van der Waals surface area contributed by atoms with Crippen LogP contribution in [0.3, 0.4) is 0 Å². The molecule has 2 aromatic rings. The van der Waals surface area contributed by atoms with Gasteiger partial charge < -0.3 is 16.0 Å². The number of fused-ring (bicyclic) bond motifs is 1. The molecule has 1 amide bonds. The lowest BCUT2D eigenvalue weighted by Crippen LogP contribution is -2.39. The first-order valence-corrected chi connectivity index (χ1v) is 9.61. The number of aryl methyl sites for hydroxylation is 3. The Morgan fingerprint density at radius 2 is 2.08 bits per heavy atom. The molecule has 142 valence electrons. The third kappa shape index (κ3) is 3.98. The highest BCUT2D eigenvalue weighted by atomic mass is 16.1. The molecule has 2 aromatic heterocycles. The molecule has 0 bridgehead atoms. The van der Waals surface area contributed by atoms with E-state index in [2.05, 4.69) is 35.2 Å². The molecular formula is C19H30N6O. The van der Waals surface area contributed by atoms with Gasteiger partial charge in [0.15, 0.2) is 5.65 Å². The van der Waals surface area contributed by atoms with Crippen LogP contribution in [-0.4, -0.2) is 51.6 Å². The van der Waals surface area contributed by atoms with Crippen molar-refractivity contribution in [3.05, 3.63) is 23.0 Å². The normalized spacial score (nSPS) is 16.3. The van der Waals surface area contributed by atoms with E-state index < -0.39 is 0 Å². The number of hydrogen-bond acceptors (Lipinski definition) is 5. The summed E-state index contributed by atoms with van der Waals surface area (Å²) in [6.45, 7) is 10.1. The minimum atomic E-state index is -0.149. The highest BCUT2D eigenvalue weighted by molar-refractivity contribution is 5.76. The van der Waals surface area contributed by atoms with Crippen molar-refractivity contribution < 1.29 is 4.79 Å². The number of likely N-dealkylation sites (tertiary alicyclic amines) is 1. The van der Waals surface area contributed by atoms with E-state index in [9.17, 15) is 4.79 Å². The number of amides is 1. The summed E-state index contributed by atoms with van der Waals surface area (Å²) >= 11 is 0. The number of piperidine rings is 1. The Morgan fingerprint density at radius 1 is 1.35 bits per heavy atom. The van der Waals surface area contributed by atoms with Gasteiger partial charge in [-0.25, -0.2) is 4.98 Å². The smallest absolute Gasteiger partial charge is 0.220 e. The number of carbonyl (C=O) groups is 1. The Morgan fingerprint density at radius 3 is 2.73 bits per heavy atom. The molecule has 1 saturated heterocycles. The van der Waals surface area contributed by atoms with E-state index in [1.807, 2.05) is 11.4 Å². The van der Waals surface area contributed by atoms with Gasteiger partial charge in [-0.05, 0) is 59.2 Å². The number of nitrogens with two attached hydrogens (primary N) is 1. The average Bonchev–Trinajstić information content (AvgIpc) is 2.93. The quantitative estimate of drug-likeness (QED) is 0.738. The van der Waals surface area contributed by atoms with Gasteiger partial charge in [0, 0.05) is 29.8 Å². The first-order valence-electron chi connectivity index (χ1n) is 9.61. The van der Waals surface area contributed by atoms with E-state index in [1.165, 1.54) is 0 Å². The van der Waals surface area contributed by atoms with Crippen LogP contribution in [0.1, 0.15) is 43.1 Å². The predicted molar refractivity (Wildman–Crippen MR) is 103 cm³/mol. The number of hydrogen-bond donors (Lipinski definition) is 2. The zero-order chi connectivity index (χ0) is 18.7. The second-order valence-corrected chi connectivity index (χ2v) is 7.23. The summed E-state index contributed by atoms with van der Waals surface area (Å²) in [5, 5.41) is 8.15. The van der Waals surface area contributed by atoms with E-state index in [-0.39, 0.29) is 11.8 Å². The van der Waals surface area contributed by atoms with Gasteiger partial charge in [-0.1, -0.05) is 6.92 Å². The van der Waals surface area contributed by atoms with Crippen molar-refractivity contribution in [2.45, 2.75) is 46.5 Å². The van der Waals surface area contributed by atoms with Crippen molar-refractivity contribution in [1.29, 1.82) is 0 Å². The average molecular weight is 358 g/mol. The standard InChI is InChI=1S/C19H30N6O/c1-4-16-12-17(25-19(22-16)13(2)14(3)23-25)21-8-5-9-24-10-6-15(7-11-24)18(20)26/h12,15,21H,4-11H2,1-3H3,(H2,20,26). The van der Waals surface area contributed by atoms with Crippen LogP contribution < -0.4 is 11.1 Å². The molecule has 0 radical (unpaired) electrons. The van der Waals surface area contributed by atoms with Gasteiger partial charge in [-0.15, -0.1) is 0 Å². The molecule has 0 saturated carbocycles. The second kappa shape index (κ2) is 8.03. The lowest BCUT2D eigenvalue weighted by Gasteiger charge is -2.30. The van der Waals surface area contributed by atoms with Crippen molar-refractivity contribution in [2.24, 2.45) is 11.7 Å². The fourth-order valence-corrected chi connectivity index (χ4v) is 3.55. The van der Waals surface area contributed by atoms with Crippen LogP contribution in [0.2, 0.25) is 0 Å². The molecule has 1 fully saturated rings. The number of carbonyl (C=O) groups excluding carboxylic acids is 1. The molecule has 7 heteroatoms. The Kier molecular flexibility index (Phi) is 5.76. The van der Waals surface area contributed by atoms with Crippen molar-refractivity contribution in [3.63, 3.8) is 0 Å². The molecule has 0 unspecified atom stereocenters. The molecule has 3 N–H and O–H groups in total. The monoisotopic (exact) mass is 358 g/mol. The van der Waals surface area contributed by atoms with Crippen LogP contribution in [0, 0.1) is 19.8 Å². The van der Waals surface area contributed by atoms with Crippen LogP contribution in [-0.2, 0) is 11.2 Å². The van der Waals surface area contributed by atoms with E-state index in [0.717, 1.165) is 80.3 Å². The highest BCUT2D eigenvalue weighted by Crippen LogP contribution is 2.19. The maximum atomic E-state index is 11.2. The number of primary amides is 1. The van der Waals surface area contributed by atoms with Gasteiger partial charge in [0.1, 0.15) is 5.82 Å². The number of rotatable bonds is 7. The molecule has 0 aliphatic carbocycles. The third-order valence-corrected chi connectivity index (χ3v) is 5.42. The topological polar surface area (TPSA) is 88.5 Å².